The lowest BCUT2D eigenvalue weighted by atomic mass is 9.91. The molecule has 0 radical (unpaired) electrons. The molecule has 7 aromatic carbocycles. The lowest BCUT2D eigenvalue weighted by Crippen LogP contribution is -2.15. The van der Waals surface area contributed by atoms with E-state index in [1.165, 1.54) is 6.92 Å². The van der Waals surface area contributed by atoms with Gasteiger partial charge in [0.25, 0.3) is 0 Å². The highest BCUT2D eigenvalue weighted by Gasteiger charge is 2.19. The Bertz CT molecular complexity index is 2730. The Morgan fingerprint density at radius 2 is 0.828 bits per heavy atom. The molecule has 0 aliphatic carbocycles. The number of ether oxygens (including phenoxy) is 6. The molecule has 1 atom stereocenters. The highest BCUT2D eigenvalue weighted by Crippen LogP contribution is 2.38. The maximum Gasteiger partial charge on any atom is 0.519 e. The second-order valence-corrected chi connectivity index (χ2v) is 14.2. The Morgan fingerprint density at radius 1 is 0.448 bits per heavy atom. The number of aryl methyl sites for hydroxylation is 4. The summed E-state index contributed by atoms with van der Waals surface area (Å²) in [7, 11) is 1.67. The number of carbonyl (C=O) groups is 3. The van der Waals surface area contributed by atoms with Crippen molar-refractivity contribution in [3.8, 4) is 45.6 Å². The number of fused-ring (bicyclic) bond motifs is 2. The van der Waals surface area contributed by atoms with Gasteiger partial charge >= 0.3 is 18.3 Å². The molecular weight excluding hydrogens is 733 g/mol. The monoisotopic (exact) mass is 774 g/mol. The van der Waals surface area contributed by atoms with E-state index in [9.17, 15) is 14.4 Å². The smallest absolute Gasteiger partial charge is 0.496 e. The maximum absolute atomic E-state index is 13.1. The predicted octanol–water partition coefficient (Wildman–Crippen LogP) is 12.1. The normalized spacial score (nSPS) is 11.5. The molecule has 1 unspecified atom stereocenters. The van der Waals surface area contributed by atoms with Crippen molar-refractivity contribution >= 4 is 39.8 Å². The van der Waals surface area contributed by atoms with Gasteiger partial charge in [-0.15, -0.1) is 0 Å². The minimum atomic E-state index is -0.917. The zero-order valence-corrected chi connectivity index (χ0v) is 33.3. The molecule has 0 saturated carbocycles. The van der Waals surface area contributed by atoms with Crippen LogP contribution in [0.15, 0.2) is 121 Å². The van der Waals surface area contributed by atoms with E-state index in [4.69, 9.17) is 28.4 Å². The van der Waals surface area contributed by atoms with Crippen LogP contribution < -0.4 is 28.4 Å². The van der Waals surface area contributed by atoms with Gasteiger partial charge in [0.05, 0.1) is 7.11 Å². The third-order valence-corrected chi connectivity index (χ3v) is 10.1. The fourth-order valence-corrected chi connectivity index (χ4v) is 7.02. The van der Waals surface area contributed by atoms with Crippen LogP contribution in [0.3, 0.4) is 0 Å². The molecule has 7 aromatic rings. The molecule has 0 fully saturated rings. The largest absolute Gasteiger partial charge is 0.519 e. The van der Waals surface area contributed by atoms with Crippen LogP contribution in [0.4, 0.5) is 9.59 Å². The van der Waals surface area contributed by atoms with Crippen LogP contribution in [0.5, 0.6) is 34.5 Å². The summed E-state index contributed by atoms with van der Waals surface area (Å²) in [6, 6.07) is 37.5. The van der Waals surface area contributed by atoms with E-state index in [0.717, 1.165) is 55.5 Å². The van der Waals surface area contributed by atoms with E-state index in [1.54, 1.807) is 37.4 Å². The molecule has 0 heterocycles. The molecule has 0 spiro atoms. The van der Waals surface area contributed by atoms with Crippen molar-refractivity contribution in [3.63, 3.8) is 0 Å². The first-order valence-electron chi connectivity index (χ1n) is 18.8. The van der Waals surface area contributed by atoms with Gasteiger partial charge in [0.2, 0.25) is 0 Å². The average molecular weight is 775 g/mol. The first-order valence-corrected chi connectivity index (χ1v) is 18.8. The molecule has 58 heavy (non-hydrogen) atoms. The summed E-state index contributed by atoms with van der Waals surface area (Å²) in [4.78, 5) is 37.8. The van der Waals surface area contributed by atoms with Crippen molar-refractivity contribution in [1.82, 2.24) is 0 Å². The predicted molar refractivity (Wildman–Crippen MR) is 224 cm³/mol. The second kappa shape index (κ2) is 16.5. The van der Waals surface area contributed by atoms with Crippen molar-refractivity contribution in [3.05, 3.63) is 155 Å². The molecule has 0 amide bonds. The molecular formula is C49H42O9. The van der Waals surface area contributed by atoms with Crippen LogP contribution in [0, 0.1) is 27.7 Å². The summed E-state index contributed by atoms with van der Waals surface area (Å²) in [5.74, 6) is 2.25. The molecule has 0 aromatic heterocycles. The summed E-state index contributed by atoms with van der Waals surface area (Å²) >= 11 is 0. The molecule has 9 nitrogen and oxygen atoms in total. The number of esters is 1. The molecule has 0 aliphatic rings. The van der Waals surface area contributed by atoms with Gasteiger partial charge in [0, 0.05) is 23.6 Å². The highest BCUT2D eigenvalue weighted by molar-refractivity contribution is 6.04. The van der Waals surface area contributed by atoms with Crippen molar-refractivity contribution in [2.45, 2.75) is 47.5 Å². The van der Waals surface area contributed by atoms with Crippen molar-refractivity contribution in [1.29, 1.82) is 0 Å². The molecule has 0 saturated heterocycles. The summed E-state index contributed by atoms with van der Waals surface area (Å²) in [5, 5.41) is 3.08. The molecule has 7 rings (SSSR count). The van der Waals surface area contributed by atoms with Crippen LogP contribution in [-0.2, 0) is 4.79 Å². The maximum atomic E-state index is 13.1. The summed E-state index contributed by atoms with van der Waals surface area (Å²) in [6.07, 6.45) is -1.75. The highest BCUT2D eigenvalue weighted by atomic mass is 16.7. The van der Waals surface area contributed by atoms with Gasteiger partial charge in [-0.2, -0.15) is 0 Å². The van der Waals surface area contributed by atoms with Gasteiger partial charge in [-0.3, -0.25) is 4.79 Å². The molecule has 292 valence electrons. The molecule has 9 heteroatoms. The van der Waals surface area contributed by atoms with Gasteiger partial charge < -0.3 is 28.4 Å². The number of methoxy groups -OCH3 is 1. The zero-order chi connectivity index (χ0) is 41.1. The number of hydrogen-bond acceptors (Lipinski definition) is 9. The van der Waals surface area contributed by atoms with Gasteiger partial charge in [-0.1, -0.05) is 67.6 Å². The SMILES string of the molecule is COc1ccc(C(C)c2ccc(OC(=O)Oc3ccc(-c4ccc(OC(=O)Oc5ccc(OC(C)=O)c6cc7ccccc7cc56)c(C)c4)cc3C)c(C)c2)cc1C. The third-order valence-electron chi connectivity index (χ3n) is 10.1. The van der Waals surface area contributed by atoms with Crippen LogP contribution in [0.25, 0.3) is 32.7 Å². The van der Waals surface area contributed by atoms with Crippen molar-refractivity contribution < 1.29 is 42.8 Å². The minimum Gasteiger partial charge on any atom is -0.496 e. The minimum absolute atomic E-state index is 0.128. The van der Waals surface area contributed by atoms with Gasteiger partial charge in [0.1, 0.15) is 34.5 Å². The van der Waals surface area contributed by atoms with Gasteiger partial charge in [-0.05, 0) is 144 Å². The summed E-state index contributed by atoms with van der Waals surface area (Å²) < 4.78 is 33.4. The molecule has 0 bridgehead atoms. The lowest BCUT2D eigenvalue weighted by molar-refractivity contribution is -0.131. The van der Waals surface area contributed by atoms with Crippen molar-refractivity contribution in [2.24, 2.45) is 0 Å². The Hall–Kier alpha value is -7.13. The van der Waals surface area contributed by atoms with E-state index in [0.29, 0.717) is 39.3 Å². The van der Waals surface area contributed by atoms with Crippen molar-refractivity contribution in [2.75, 3.05) is 7.11 Å². The van der Waals surface area contributed by atoms with E-state index in [2.05, 4.69) is 19.1 Å². The molecule has 0 N–H and O–H groups in total. The Morgan fingerprint density at radius 3 is 1.24 bits per heavy atom. The molecule has 0 aliphatic heterocycles. The number of carbonyl (C=O) groups excluding carboxylic acids is 3. The number of hydrogen-bond donors (Lipinski definition) is 0. The zero-order valence-electron chi connectivity index (χ0n) is 33.3. The fourth-order valence-electron chi connectivity index (χ4n) is 7.02. The Labute approximate surface area is 336 Å². The fraction of sp³-hybridized carbons (Fsp3) is 0.163. The van der Waals surface area contributed by atoms with E-state index in [1.807, 2.05) is 107 Å². The Balaban J connectivity index is 0.996. The van der Waals surface area contributed by atoms with Crippen LogP contribution in [0.1, 0.15) is 53.1 Å². The van der Waals surface area contributed by atoms with E-state index >= 15 is 0 Å². The van der Waals surface area contributed by atoms with Crippen LogP contribution >= 0.6 is 0 Å². The first-order chi connectivity index (χ1) is 27.9. The number of rotatable bonds is 9. The summed E-state index contributed by atoms with van der Waals surface area (Å²) in [6.45, 7) is 11.1. The topological polar surface area (TPSA) is 107 Å². The van der Waals surface area contributed by atoms with Crippen LogP contribution in [0.2, 0.25) is 0 Å². The standard InChI is InChI=1S/C49H42O9/c1-28-22-34(12-16-42(28)53-7)32(5)35-13-17-43(29(2)23-35)55-48(51)56-44-18-14-38(24-30(44)3)39-15-19-45(31(4)25-39)57-49(52)58-47-21-20-46(54-33(6)50)40-26-36-10-8-9-11-37(36)27-41(40)47/h8-27,32H,1-7H3. The quantitative estimate of drug-likeness (QED) is 0.0613. The second-order valence-electron chi connectivity index (χ2n) is 14.2. The number of benzene rings is 7. The van der Waals surface area contributed by atoms with Gasteiger partial charge in [0.15, 0.2) is 0 Å². The first kappa shape index (κ1) is 39.1. The Kier molecular flexibility index (Phi) is 11.2. The summed E-state index contributed by atoms with van der Waals surface area (Å²) in [5.41, 5.74) is 7.30. The lowest BCUT2D eigenvalue weighted by Gasteiger charge is -2.17. The van der Waals surface area contributed by atoms with Gasteiger partial charge in [-0.25, -0.2) is 9.59 Å². The van der Waals surface area contributed by atoms with Crippen LogP contribution in [-0.4, -0.2) is 25.4 Å². The van der Waals surface area contributed by atoms with E-state index < -0.39 is 18.3 Å². The third kappa shape index (κ3) is 8.49. The van der Waals surface area contributed by atoms with E-state index in [-0.39, 0.29) is 11.7 Å². The average Bonchev–Trinajstić information content (AvgIpc) is 3.20.